The second kappa shape index (κ2) is 6.21. The highest BCUT2D eigenvalue weighted by Gasteiger charge is 2.37. The molecule has 0 radical (unpaired) electrons. The van der Waals surface area contributed by atoms with Crippen LogP contribution in [-0.2, 0) is 4.74 Å². The van der Waals surface area contributed by atoms with Crippen LogP contribution in [0.1, 0.15) is 58.9 Å². The first-order valence-corrected chi connectivity index (χ1v) is 8.12. The van der Waals surface area contributed by atoms with Gasteiger partial charge in [-0.1, -0.05) is 18.9 Å². The van der Waals surface area contributed by atoms with Crippen LogP contribution < -0.4 is 0 Å². The van der Waals surface area contributed by atoms with Gasteiger partial charge in [0.25, 0.3) is 5.91 Å². The molecule has 0 aromatic heterocycles. The van der Waals surface area contributed by atoms with Crippen LogP contribution in [-0.4, -0.2) is 41.9 Å². The Balaban J connectivity index is 1.86. The van der Waals surface area contributed by atoms with E-state index in [1.807, 2.05) is 24.0 Å². The Kier molecular flexibility index (Phi) is 4.30. The zero-order valence-corrected chi connectivity index (χ0v) is 13.3. The fourth-order valence-corrected chi connectivity index (χ4v) is 3.65. The molecule has 4 heteroatoms. The van der Waals surface area contributed by atoms with Gasteiger partial charge in [0.2, 0.25) is 0 Å². The lowest BCUT2D eigenvalue weighted by Gasteiger charge is -2.43. The first-order valence-electron chi connectivity index (χ1n) is 8.12. The summed E-state index contributed by atoms with van der Waals surface area (Å²) in [6, 6.07) is 5.63. The van der Waals surface area contributed by atoms with Crippen LogP contribution in [0.15, 0.2) is 18.2 Å². The number of hydrogen-bond donors (Lipinski definition) is 0. The molecule has 0 unspecified atom stereocenters. The molecule has 0 N–H and O–H groups in total. The largest absolute Gasteiger partial charge is 0.374 e. The summed E-state index contributed by atoms with van der Waals surface area (Å²) in [7, 11) is 0. The Morgan fingerprint density at radius 1 is 1.23 bits per heavy atom. The van der Waals surface area contributed by atoms with Crippen molar-refractivity contribution in [3.63, 3.8) is 0 Å². The van der Waals surface area contributed by atoms with Crippen molar-refractivity contribution >= 4 is 11.7 Å². The summed E-state index contributed by atoms with van der Waals surface area (Å²) in [5.41, 5.74) is 2.17. The van der Waals surface area contributed by atoms with Gasteiger partial charge in [-0.05, 0) is 44.4 Å². The van der Waals surface area contributed by atoms with Crippen molar-refractivity contribution in [1.82, 2.24) is 4.90 Å². The number of Topliss-reactive ketones (excluding diaryl/α,β-unsaturated/α-hetero) is 1. The normalized spacial score (nSPS) is 24.7. The number of carbonyl (C=O) groups is 2. The van der Waals surface area contributed by atoms with Crippen LogP contribution in [0.4, 0.5) is 0 Å². The van der Waals surface area contributed by atoms with Gasteiger partial charge in [0.1, 0.15) is 0 Å². The first kappa shape index (κ1) is 15.2. The van der Waals surface area contributed by atoms with Gasteiger partial charge in [-0.25, -0.2) is 0 Å². The van der Waals surface area contributed by atoms with Crippen molar-refractivity contribution in [3.8, 4) is 0 Å². The van der Waals surface area contributed by atoms with Crippen LogP contribution in [0, 0.1) is 6.92 Å². The van der Waals surface area contributed by atoms with Gasteiger partial charge in [-0.2, -0.15) is 0 Å². The Morgan fingerprint density at radius 2 is 2.00 bits per heavy atom. The minimum absolute atomic E-state index is 0.00432. The number of ether oxygens (including phenoxy) is 1. The Morgan fingerprint density at radius 3 is 2.77 bits per heavy atom. The summed E-state index contributed by atoms with van der Waals surface area (Å²) in [5, 5.41) is 0. The molecule has 2 atom stereocenters. The van der Waals surface area contributed by atoms with E-state index in [1.54, 1.807) is 13.0 Å². The summed E-state index contributed by atoms with van der Waals surface area (Å²) in [6.07, 6.45) is 4.58. The number of rotatable bonds is 2. The Bertz CT molecular complexity index is 594. The van der Waals surface area contributed by atoms with Crippen molar-refractivity contribution < 1.29 is 14.3 Å². The van der Waals surface area contributed by atoms with Crippen molar-refractivity contribution in [2.45, 2.75) is 51.7 Å². The molecule has 3 rings (SSSR count). The molecule has 2 fully saturated rings. The van der Waals surface area contributed by atoms with Crippen LogP contribution in [0.3, 0.4) is 0 Å². The predicted octanol–water partition coefficient (Wildman–Crippen LogP) is 2.98. The zero-order chi connectivity index (χ0) is 15.7. The van der Waals surface area contributed by atoms with Crippen LogP contribution in [0.2, 0.25) is 0 Å². The average Bonchev–Trinajstić information content (AvgIpc) is 2.54. The second-order valence-electron chi connectivity index (χ2n) is 6.35. The van der Waals surface area contributed by atoms with Gasteiger partial charge in [-0.15, -0.1) is 0 Å². The number of ketones is 1. The Hall–Kier alpha value is -1.68. The smallest absolute Gasteiger partial charge is 0.254 e. The SMILES string of the molecule is CC(=O)c1cc(C(=O)N2CCO[C@H]3CCCC[C@H]32)ccc1C. The van der Waals surface area contributed by atoms with Crippen molar-refractivity contribution in [2.75, 3.05) is 13.2 Å². The molecule has 1 saturated heterocycles. The van der Waals surface area contributed by atoms with E-state index in [-0.39, 0.29) is 23.8 Å². The fourth-order valence-electron chi connectivity index (χ4n) is 3.65. The van der Waals surface area contributed by atoms with Gasteiger partial charge in [-0.3, -0.25) is 9.59 Å². The van der Waals surface area contributed by atoms with E-state index >= 15 is 0 Å². The number of nitrogens with zero attached hydrogens (tertiary/aromatic N) is 1. The molecule has 118 valence electrons. The molecule has 1 amide bonds. The summed E-state index contributed by atoms with van der Waals surface area (Å²) in [6.45, 7) is 4.70. The van der Waals surface area contributed by atoms with E-state index in [1.165, 1.54) is 6.42 Å². The zero-order valence-electron chi connectivity index (χ0n) is 13.3. The van der Waals surface area contributed by atoms with Crippen molar-refractivity contribution in [1.29, 1.82) is 0 Å². The maximum atomic E-state index is 12.9. The molecule has 1 aromatic rings. The van der Waals surface area contributed by atoms with E-state index in [0.29, 0.717) is 24.3 Å². The number of benzene rings is 1. The number of aryl methyl sites for hydroxylation is 1. The standard InChI is InChI=1S/C18H23NO3/c1-12-7-8-14(11-15(12)13(2)20)18(21)19-9-10-22-17-6-4-3-5-16(17)19/h7-8,11,16-17H,3-6,9-10H2,1-2H3/t16-,17+/m1/s1. The number of amides is 1. The van der Waals surface area contributed by atoms with Gasteiger partial charge in [0.05, 0.1) is 18.8 Å². The Labute approximate surface area is 131 Å². The van der Waals surface area contributed by atoms with Gasteiger partial charge in [0.15, 0.2) is 5.78 Å². The van der Waals surface area contributed by atoms with E-state index < -0.39 is 0 Å². The molecular weight excluding hydrogens is 278 g/mol. The molecule has 1 aliphatic heterocycles. The molecule has 1 aliphatic carbocycles. The highest BCUT2D eigenvalue weighted by molar-refractivity contribution is 6.00. The van der Waals surface area contributed by atoms with Crippen molar-refractivity contribution in [2.24, 2.45) is 0 Å². The monoisotopic (exact) mass is 301 g/mol. The molecule has 22 heavy (non-hydrogen) atoms. The van der Waals surface area contributed by atoms with Crippen molar-refractivity contribution in [3.05, 3.63) is 34.9 Å². The van der Waals surface area contributed by atoms with Gasteiger partial charge < -0.3 is 9.64 Å². The van der Waals surface area contributed by atoms with E-state index in [4.69, 9.17) is 4.74 Å². The minimum atomic E-state index is 0.00432. The van der Waals surface area contributed by atoms with Crippen LogP contribution in [0.25, 0.3) is 0 Å². The average molecular weight is 301 g/mol. The highest BCUT2D eigenvalue weighted by atomic mass is 16.5. The summed E-state index contributed by atoms with van der Waals surface area (Å²) in [5.74, 6) is 0.0346. The summed E-state index contributed by atoms with van der Waals surface area (Å²) >= 11 is 0. The van der Waals surface area contributed by atoms with E-state index in [9.17, 15) is 9.59 Å². The summed E-state index contributed by atoms with van der Waals surface area (Å²) < 4.78 is 5.83. The molecule has 1 saturated carbocycles. The second-order valence-corrected chi connectivity index (χ2v) is 6.35. The summed E-state index contributed by atoms with van der Waals surface area (Å²) in [4.78, 5) is 26.6. The number of carbonyl (C=O) groups excluding carboxylic acids is 2. The molecule has 1 aromatic carbocycles. The third kappa shape index (κ3) is 2.80. The van der Waals surface area contributed by atoms with Gasteiger partial charge >= 0.3 is 0 Å². The maximum absolute atomic E-state index is 12.9. The number of morpholine rings is 1. The predicted molar refractivity (Wildman–Crippen MR) is 84.2 cm³/mol. The molecule has 4 nitrogen and oxygen atoms in total. The maximum Gasteiger partial charge on any atom is 0.254 e. The molecular formula is C18H23NO3. The minimum Gasteiger partial charge on any atom is -0.374 e. The third-order valence-electron chi connectivity index (χ3n) is 4.86. The third-order valence-corrected chi connectivity index (χ3v) is 4.86. The molecule has 0 bridgehead atoms. The van der Waals surface area contributed by atoms with Gasteiger partial charge in [0, 0.05) is 17.7 Å². The molecule has 1 heterocycles. The quantitative estimate of drug-likeness (QED) is 0.789. The lowest BCUT2D eigenvalue weighted by atomic mass is 9.89. The van der Waals surface area contributed by atoms with E-state index in [2.05, 4.69) is 0 Å². The van der Waals surface area contributed by atoms with Crippen LogP contribution >= 0.6 is 0 Å². The lowest BCUT2D eigenvalue weighted by molar-refractivity contribution is -0.0752. The topological polar surface area (TPSA) is 46.6 Å². The molecule has 0 spiro atoms. The number of fused-ring (bicyclic) bond motifs is 1. The highest BCUT2D eigenvalue weighted by Crippen LogP contribution is 2.29. The van der Waals surface area contributed by atoms with E-state index in [0.717, 1.165) is 24.8 Å². The fraction of sp³-hybridized carbons (Fsp3) is 0.556. The van der Waals surface area contributed by atoms with Crippen LogP contribution in [0.5, 0.6) is 0 Å². The first-order chi connectivity index (χ1) is 10.6. The molecule has 2 aliphatic rings. The lowest BCUT2D eigenvalue weighted by Crippen LogP contribution is -2.54. The number of hydrogen-bond acceptors (Lipinski definition) is 3.